The van der Waals surface area contributed by atoms with Gasteiger partial charge in [-0.05, 0) is 42.5 Å². The van der Waals surface area contributed by atoms with Gasteiger partial charge in [0.2, 0.25) is 11.6 Å². The van der Waals surface area contributed by atoms with Gasteiger partial charge in [-0.3, -0.25) is 14.9 Å². The maximum absolute atomic E-state index is 13.5. The normalized spacial score (nSPS) is 11.4. The molecule has 11 heteroatoms. The second-order valence-electron chi connectivity index (χ2n) is 7.81. The van der Waals surface area contributed by atoms with E-state index in [1.165, 1.54) is 24.4 Å². The highest BCUT2D eigenvalue weighted by Crippen LogP contribution is 2.34. The quantitative estimate of drug-likeness (QED) is 0.0931. The Hall–Kier alpha value is -4.28. The first-order valence-corrected chi connectivity index (χ1v) is 12.0. The van der Waals surface area contributed by atoms with Crippen LogP contribution in [0.1, 0.15) is 5.56 Å². The van der Waals surface area contributed by atoms with Crippen LogP contribution in [0.5, 0.6) is 5.75 Å². The molecule has 37 heavy (non-hydrogen) atoms. The van der Waals surface area contributed by atoms with Crippen molar-refractivity contribution in [1.29, 1.82) is 0 Å². The first-order chi connectivity index (χ1) is 17.9. The van der Waals surface area contributed by atoms with Crippen molar-refractivity contribution in [2.24, 2.45) is 5.10 Å². The van der Waals surface area contributed by atoms with E-state index in [0.29, 0.717) is 22.2 Å². The Balaban J connectivity index is 1.73. The number of halogens is 2. The van der Waals surface area contributed by atoms with Crippen molar-refractivity contribution in [2.45, 2.75) is 0 Å². The molecule has 0 aliphatic rings. The number of nitro benzene ring substituents is 1. The smallest absolute Gasteiger partial charge is 0.313 e. The molecule has 0 saturated carbocycles. The predicted molar refractivity (Wildman–Crippen MR) is 146 cm³/mol. The van der Waals surface area contributed by atoms with Crippen LogP contribution in [0.3, 0.4) is 0 Å². The fourth-order valence-corrected chi connectivity index (χ4v) is 4.37. The highest BCUT2D eigenvalue weighted by molar-refractivity contribution is 9.10. The van der Waals surface area contributed by atoms with Crippen molar-refractivity contribution in [3.05, 3.63) is 109 Å². The molecule has 184 valence electrons. The molecule has 0 radical (unpaired) electrons. The van der Waals surface area contributed by atoms with Crippen molar-refractivity contribution in [3.8, 4) is 17.3 Å². The minimum atomic E-state index is -0.608. The molecule has 0 aliphatic heterocycles. The van der Waals surface area contributed by atoms with Gasteiger partial charge >= 0.3 is 5.69 Å². The van der Waals surface area contributed by atoms with E-state index in [4.69, 9.17) is 20.8 Å². The fourth-order valence-electron chi connectivity index (χ4n) is 3.77. The minimum absolute atomic E-state index is 0.0145. The van der Waals surface area contributed by atoms with Crippen molar-refractivity contribution in [3.63, 3.8) is 0 Å². The Morgan fingerprint density at radius 3 is 2.81 bits per heavy atom. The monoisotopic (exact) mass is 578 g/mol. The lowest BCUT2D eigenvalue weighted by Crippen LogP contribution is -2.20. The molecule has 0 atom stereocenters. The van der Waals surface area contributed by atoms with Gasteiger partial charge in [0.25, 0.3) is 5.56 Å². The third-order valence-corrected chi connectivity index (χ3v) is 6.08. The summed E-state index contributed by atoms with van der Waals surface area (Å²) in [5.74, 6) is 0.403. The lowest BCUT2D eigenvalue weighted by molar-refractivity contribution is -0.385. The molecule has 5 aromatic rings. The summed E-state index contributed by atoms with van der Waals surface area (Å²) in [6, 6.07) is 16.8. The van der Waals surface area contributed by atoms with Crippen LogP contribution in [0.2, 0.25) is 5.02 Å². The molecule has 5 rings (SSSR count). The van der Waals surface area contributed by atoms with Crippen molar-refractivity contribution in [1.82, 2.24) is 9.66 Å². The summed E-state index contributed by atoms with van der Waals surface area (Å²) in [5.41, 5.74) is 0.456. The molecule has 0 spiro atoms. The van der Waals surface area contributed by atoms with Crippen LogP contribution in [-0.2, 0) is 0 Å². The number of hydrogen-bond donors (Lipinski definition) is 0. The predicted octanol–water partition coefficient (Wildman–Crippen LogP) is 6.58. The fraction of sp³-hybridized carbons (Fsp3) is 0.0385. The summed E-state index contributed by atoms with van der Waals surface area (Å²) in [6.45, 7) is 3.59. The number of aromatic nitrogens is 2. The van der Waals surface area contributed by atoms with Crippen molar-refractivity contribution in [2.75, 3.05) is 6.61 Å². The molecule has 3 aromatic carbocycles. The maximum Gasteiger partial charge on any atom is 0.313 e. The molecule has 0 bridgehead atoms. The van der Waals surface area contributed by atoms with E-state index in [2.05, 4.69) is 32.6 Å². The topological polar surface area (TPSA) is 113 Å². The van der Waals surface area contributed by atoms with Crippen molar-refractivity contribution >= 4 is 61.3 Å². The number of nitrogens with zero attached hydrogens (tertiary/aromatic N) is 4. The van der Waals surface area contributed by atoms with E-state index >= 15 is 0 Å². The third-order valence-electron chi connectivity index (χ3n) is 5.37. The second-order valence-corrected chi connectivity index (χ2v) is 9.16. The zero-order valence-electron chi connectivity index (χ0n) is 18.9. The van der Waals surface area contributed by atoms with Gasteiger partial charge in [0.1, 0.15) is 12.2 Å². The summed E-state index contributed by atoms with van der Waals surface area (Å²) in [7, 11) is 0. The molecule has 9 nitrogen and oxygen atoms in total. The Morgan fingerprint density at radius 2 is 2.03 bits per heavy atom. The van der Waals surface area contributed by atoms with Crippen LogP contribution in [0.15, 0.2) is 92.1 Å². The molecule has 2 heterocycles. The molecule has 0 unspecified atom stereocenters. The van der Waals surface area contributed by atoms with Crippen LogP contribution in [0, 0.1) is 10.1 Å². The maximum atomic E-state index is 13.5. The number of para-hydroxylation sites is 1. The SMILES string of the molecule is C=CCOc1c(C=Nn2c(-c3cc4cc(Br)ccc4o3)nc3ccccc3c2=O)cc(Cl)cc1[N+](=O)[O-]. The van der Waals surface area contributed by atoms with Gasteiger partial charge in [0, 0.05) is 26.5 Å². The van der Waals surface area contributed by atoms with Gasteiger partial charge in [0.15, 0.2) is 5.76 Å². The molecular formula is C26H16BrClN4O5. The van der Waals surface area contributed by atoms with Gasteiger partial charge in [-0.25, -0.2) is 4.98 Å². The van der Waals surface area contributed by atoms with Gasteiger partial charge in [-0.2, -0.15) is 9.78 Å². The molecule has 0 fully saturated rings. The lowest BCUT2D eigenvalue weighted by Gasteiger charge is -2.10. The van der Waals surface area contributed by atoms with Gasteiger partial charge < -0.3 is 9.15 Å². The van der Waals surface area contributed by atoms with Crippen LogP contribution < -0.4 is 10.3 Å². The average Bonchev–Trinajstić information content (AvgIpc) is 3.30. The number of hydrogen-bond acceptors (Lipinski definition) is 7. The van der Waals surface area contributed by atoms with Crippen LogP contribution in [0.25, 0.3) is 33.5 Å². The zero-order valence-corrected chi connectivity index (χ0v) is 21.3. The largest absolute Gasteiger partial charge is 0.482 e. The minimum Gasteiger partial charge on any atom is -0.482 e. The van der Waals surface area contributed by atoms with Crippen LogP contribution in [-0.4, -0.2) is 27.4 Å². The second kappa shape index (κ2) is 10.00. The third kappa shape index (κ3) is 4.76. The first-order valence-electron chi connectivity index (χ1n) is 10.8. The number of rotatable bonds is 7. The first kappa shape index (κ1) is 24.4. The highest BCUT2D eigenvalue weighted by atomic mass is 79.9. The zero-order chi connectivity index (χ0) is 26.1. The standard InChI is InChI=1S/C26H16BrClN4O5/c1-2-9-36-24-16(11-18(28)13-21(24)32(34)35)14-29-31-25(30-20-6-4-3-5-19(20)26(31)33)23-12-15-10-17(27)7-8-22(15)37-23/h2-8,10-14H,1,9H2. The van der Waals surface area contributed by atoms with E-state index in [9.17, 15) is 14.9 Å². The Kier molecular flexibility index (Phi) is 6.60. The number of ether oxygens (including phenoxy) is 1. The molecule has 0 aliphatic carbocycles. The molecular weight excluding hydrogens is 564 g/mol. The summed E-state index contributed by atoms with van der Waals surface area (Å²) in [6.07, 6.45) is 2.72. The Bertz CT molecular complexity index is 1790. The summed E-state index contributed by atoms with van der Waals surface area (Å²) >= 11 is 9.58. The van der Waals surface area contributed by atoms with Gasteiger partial charge in [-0.1, -0.05) is 52.3 Å². The van der Waals surface area contributed by atoms with Gasteiger partial charge in [0.05, 0.1) is 22.0 Å². The molecule has 0 N–H and O–H groups in total. The van der Waals surface area contributed by atoms with E-state index in [0.717, 1.165) is 14.5 Å². The number of nitro groups is 1. The highest BCUT2D eigenvalue weighted by Gasteiger charge is 2.21. The Morgan fingerprint density at radius 1 is 1.22 bits per heavy atom. The molecule has 2 aromatic heterocycles. The summed E-state index contributed by atoms with van der Waals surface area (Å²) in [4.78, 5) is 29.2. The van der Waals surface area contributed by atoms with Crippen LogP contribution >= 0.6 is 27.5 Å². The summed E-state index contributed by atoms with van der Waals surface area (Å²) < 4.78 is 13.5. The van der Waals surface area contributed by atoms with E-state index in [1.54, 1.807) is 36.4 Å². The molecule has 0 saturated heterocycles. The van der Waals surface area contributed by atoms with E-state index < -0.39 is 10.5 Å². The van der Waals surface area contributed by atoms with Crippen LogP contribution in [0.4, 0.5) is 5.69 Å². The van der Waals surface area contributed by atoms with E-state index in [-0.39, 0.29) is 34.5 Å². The number of fused-ring (bicyclic) bond motifs is 2. The lowest BCUT2D eigenvalue weighted by atomic mass is 10.2. The van der Waals surface area contributed by atoms with E-state index in [1.807, 2.05) is 12.1 Å². The molecule has 0 amide bonds. The number of furan rings is 1. The van der Waals surface area contributed by atoms with Gasteiger partial charge in [-0.15, -0.1) is 0 Å². The van der Waals surface area contributed by atoms with Crippen molar-refractivity contribution < 1.29 is 14.1 Å². The average molecular weight is 580 g/mol. The number of benzene rings is 3. The Labute approximate surface area is 222 Å². The summed E-state index contributed by atoms with van der Waals surface area (Å²) in [5, 5.41) is 17.2.